The van der Waals surface area contributed by atoms with Gasteiger partial charge in [-0.1, -0.05) is 12.1 Å². The van der Waals surface area contributed by atoms with Crippen LogP contribution in [-0.2, 0) is 11.9 Å². The maximum absolute atomic E-state index is 12.5. The number of hydrogen-bond acceptors (Lipinski definition) is 3. The molecule has 0 atom stereocenters. The van der Waals surface area contributed by atoms with Gasteiger partial charge in [-0.25, -0.2) is 4.79 Å². The highest BCUT2D eigenvalue weighted by Gasteiger charge is 2.29. The number of anilines is 1. The Kier molecular flexibility index (Phi) is 5.98. The van der Waals surface area contributed by atoms with Crippen molar-refractivity contribution < 1.29 is 28.0 Å². The maximum Gasteiger partial charge on any atom is 0.416 e. The number of alkyl halides is 3. The van der Waals surface area contributed by atoms with Crippen LogP contribution in [0.25, 0.3) is 0 Å². The summed E-state index contributed by atoms with van der Waals surface area (Å²) >= 11 is 0.644. The van der Waals surface area contributed by atoms with Crippen molar-refractivity contribution in [3.8, 4) is 0 Å². The number of nitro benzene ring substituents is 1. The number of non-ortho nitro benzene ring substituents is 1. The molecule has 0 amide bonds. The highest BCUT2D eigenvalue weighted by molar-refractivity contribution is 7.96. The van der Waals surface area contributed by atoms with Gasteiger partial charge in [-0.15, -0.1) is 0 Å². The number of rotatable bonds is 6. The number of aromatic carboxylic acids is 1. The summed E-state index contributed by atoms with van der Waals surface area (Å²) in [5, 5.41) is 22.6. The average molecular weight is 386 g/mol. The summed E-state index contributed by atoms with van der Waals surface area (Å²) in [5.41, 5.74) is 1.08. The van der Waals surface area contributed by atoms with Crippen LogP contribution in [0.15, 0.2) is 42.5 Å². The first-order valence-corrected chi connectivity index (χ1v) is 8.26. The van der Waals surface area contributed by atoms with E-state index in [1.165, 1.54) is 17.6 Å². The molecule has 0 unspecified atom stereocenters. The Morgan fingerprint density at radius 2 is 1.88 bits per heavy atom. The van der Waals surface area contributed by atoms with Gasteiger partial charge >= 0.3 is 12.1 Å². The molecule has 0 fully saturated rings. The standard InChI is InChI=1S/C16H13F3N2O4S/c17-16(18,19)11-3-1-10(2-4-11)8-26-9-20-14-7-12(21(24)25)5-6-13(14)15(22)23/h1-7,9,20,26H,8H2,(H,22,23). The number of nitrogens with one attached hydrogen (secondary N) is 1. The second-order valence-electron chi connectivity index (χ2n) is 5.10. The zero-order valence-corrected chi connectivity index (χ0v) is 13.9. The molecule has 2 N–H and O–H groups in total. The molecule has 0 saturated carbocycles. The van der Waals surface area contributed by atoms with Crippen molar-refractivity contribution in [3.63, 3.8) is 0 Å². The van der Waals surface area contributed by atoms with Crippen LogP contribution < -0.4 is 5.32 Å². The number of benzene rings is 2. The van der Waals surface area contributed by atoms with Crippen molar-refractivity contribution >= 4 is 34.2 Å². The number of thiol groups is 1. The van der Waals surface area contributed by atoms with Gasteiger partial charge in [0, 0.05) is 23.4 Å². The van der Waals surface area contributed by atoms with Gasteiger partial charge in [0.2, 0.25) is 0 Å². The molecule has 0 aromatic heterocycles. The van der Waals surface area contributed by atoms with Gasteiger partial charge in [0.05, 0.1) is 21.7 Å². The number of carboxylic acid groups (broad SMARTS) is 1. The molecule has 26 heavy (non-hydrogen) atoms. The normalized spacial score (nSPS) is 11.8. The van der Waals surface area contributed by atoms with E-state index in [1.807, 2.05) is 0 Å². The molecule has 0 saturated heterocycles. The van der Waals surface area contributed by atoms with E-state index in [2.05, 4.69) is 5.32 Å². The van der Waals surface area contributed by atoms with E-state index in [0.717, 1.165) is 30.3 Å². The molecule has 138 valence electrons. The van der Waals surface area contributed by atoms with Crippen molar-refractivity contribution in [1.82, 2.24) is 0 Å². The summed E-state index contributed by atoms with van der Waals surface area (Å²) in [6.07, 6.45) is -4.39. The van der Waals surface area contributed by atoms with E-state index in [0.29, 0.717) is 22.7 Å². The third kappa shape index (κ3) is 5.06. The third-order valence-corrected chi connectivity index (χ3v) is 4.17. The van der Waals surface area contributed by atoms with Gasteiger partial charge in [-0.05, 0) is 23.8 Å². The number of hydrogen-bond donors (Lipinski definition) is 3. The largest absolute Gasteiger partial charge is 0.478 e. The molecule has 2 aromatic rings. The Bertz CT molecular complexity index is 852. The maximum atomic E-state index is 12.5. The Morgan fingerprint density at radius 3 is 2.42 bits per heavy atom. The van der Waals surface area contributed by atoms with E-state index in [4.69, 9.17) is 5.11 Å². The highest BCUT2D eigenvalue weighted by atomic mass is 32.1. The van der Waals surface area contributed by atoms with Crippen LogP contribution in [0.1, 0.15) is 21.5 Å². The number of nitro groups is 1. The van der Waals surface area contributed by atoms with Crippen LogP contribution in [0.2, 0.25) is 0 Å². The van der Waals surface area contributed by atoms with Crippen LogP contribution in [0.5, 0.6) is 0 Å². The van der Waals surface area contributed by atoms with Gasteiger partial charge < -0.3 is 10.4 Å². The Labute approximate surface area is 149 Å². The van der Waals surface area contributed by atoms with Gasteiger partial charge in [0.15, 0.2) is 0 Å². The van der Waals surface area contributed by atoms with Gasteiger partial charge in [-0.3, -0.25) is 10.1 Å². The highest BCUT2D eigenvalue weighted by Crippen LogP contribution is 2.29. The first-order chi connectivity index (χ1) is 12.2. The molecule has 0 spiro atoms. The van der Waals surface area contributed by atoms with Crippen molar-refractivity contribution in [2.24, 2.45) is 0 Å². The van der Waals surface area contributed by atoms with Crippen LogP contribution in [-0.4, -0.2) is 21.5 Å². The van der Waals surface area contributed by atoms with Gasteiger partial charge in [-0.2, -0.15) is 24.5 Å². The van der Waals surface area contributed by atoms with E-state index in [1.54, 1.807) is 0 Å². The average Bonchev–Trinajstić information content (AvgIpc) is 2.58. The van der Waals surface area contributed by atoms with Gasteiger partial charge in [0.1, 0.15) is 0 Å². The van der Waals surface area contributed by atoms with Gasteiger partial charge in [0.25, 0.3) is 5.69 Å². The molecule has 0 aliphatic carbocycles. The summed E-state index contributed by atoms with van der Waals surface area (Å²) in [6, 6.07) is 8.02. The molecule has 0 bridgehead atoms. The number of carbonyl (C=O) groups is 1. The molecular weight excluding hydrogens is 373 g/mol. The minimum atomic E-state index is -4.39. The minimum Gasteiger partial charge on any atom is -0.478 e. The lowest BCUT2D eigenvalue weighted by atomic mass is 10.1. The van der Waals surface area contributed by atoms with Crippen molar-refractivity contribution in [1.29, 1.82) is 0 Å². The van der Waals surface area contributed by atoms with E-state index in [-0.39, 0.29) is 16.9 Å². The monoisotopic (exact) mass is 386 g/mol. The fourth-order valence-electron chi connectivity index (χ4n) is 2.02. The molecule has 2 aromatic carbocycles. The summed E-state index contributed by atoms with van der Waals surface area (Å²) in [4.78, 5) is 21.3. The lowest BCUT2D eigenvalue weighted by Crippen LogP contribution is -2.05. The Balaban J connectivity index is 2.07. The quantitative estimate of drug-likeness (QED) is 0.300. The molecular formula is C16H13F3N2O4S. The molecule has 6 nitrogen and oxygen atoms in total. The number of carboxylic acids is 1. The van der Waals surface area contributed by atoms with Crippen LogP contribution in [0.3, 0.4) is 0 Å². The molecule has 0 heterocycles. The predicted octanol–water partition coefficient (Wildman–Crippen LogP) is 4.15. The van der Waals surface area contributed by atoms with E-state index >= 15 is 0 Å². The fraction of sp³-hybridized carbons (Fsp3) is 0.125. The minimum absolute atomic E-state index is 0.0617. The molecule has 0 aliphatic rings. The van der Waals surface area contributed by atoms with E-state index in [9.17, 15) is 28.1 Å². The van der Waals surface area contributed by atoms with Crippen LogP contribution in [0, 0.1) is 10.1 Å². The lowest BCUT2D eigenvalue weighted by Gasteiger charge is -2.07. The zero-order chi connectivity index (χ0) is 19.3. The second-order valence-corrected chi connectivity index (χ2v) is 6.04. The smallest absolute Gasteiger partial charge is 0.416 e. The summed E-state index contributed by atoms with van der Waals surface area (Å²) in [5.74, 6) is -0.849. The SMILES string of the molecule is O=C(O)c1ccc([N+](=O)[O-])cc1NC=[SH]Cc1ccc(C(F)(F)F)cc1. The van der Waals surface area contributed by atoms with Crippen molar-refractivity contribution in [2.75, 3.05) is 5.32 Å². The summed E-state index contributed by atoms with van der Waals surface area (Å²) in [7, 11) is 0. The van der Waals surface area contributed by atoms with Crippen molar-refractivity contribution in [3.05, 3.63) is 69.3 Å². The molecule has 0 aliphatic heterocycles. The predicted molar refractivity (Wildman–Crippen MR) is 93.9 cm³/mol. The first-order valence-electron chi connectivity index (χ1n) is 7.11. The zero-order valence-electron chi connectivity index (χ0n) is 13.0. The Hall–Kier alpha value is -2.88. The molecule has 10 heteroatoms. The molecule has 0 radical (unpaired) electrons. The fourth-order valence-corrected chi connectivity index (χ4v) is 2.76. The Morgan fingerprint density at radius 1 is 1.23 bits per heavy atom. The topological polar surface area (TPSA) is 92.5 Å². The third-order valence-electron chi connectivity index (χ3n) is 3.31. The first kappa shape index (κ1) is 19.4. The summed E-state index contributed by atoms with van der Waals surface area (Å²) < 4.78 is 37.5. The van der Waals surface area contributed by atoms with Crippen molar-refractivity contribution in [2.45, 2.75) is 11.9 Å². The number of nitrogens with zero attached hydrogens (tertiary/aromatic N) is 1. The lowest BCUT2D eigenvalue weighted by molar-refractivity contribution is -0.384. The van der Waals surface area contributed by atoms with E-state index < -0.39 is 22.6 Å². The van der Waals surface area contributed by atoms with Crippen LogP contribution >= 0.6 is 11.4 Å². The molecule has 2 rings (SSSR count). The summed E-state index contributed by atoms with van der Waals surface area (Å²) in [6.45, 7) is 0. The van der Waals surface area contributed by atoms with Crippen LogP contribution in [0.4, 0.5) is 24.5 Å². The second kappa shape index (κ2) is 8.00. The number of halogens is 3.